The largest absolute Gasteiger partial charge is 0.494 e. The van der Waals surface area contributed by atoms with Crippen LogP contribution in [0.15, 0.2) is 43.3 Å². The van der Waals surface area contributed by atoms with E-state index in [1.54, 1.807) is 0 Å². The van der Waals surface area contributed by atoms with Gasteiger partial charge in [0.2, 0.25) is 11.8 Å². The molecule has 1 aromatic carbocycles. The Kier molecular flexibility index (Phi) is 7.55. The van der Waals surface area contributed by atoms with Crippen LogP contribution in [-0.2, 0) is 4.79 Å². The lowest BCUT2D eigenvalue weighted by Gasteiger charge is -2.33. The number of H-pyrrole nitrogens is 2. The standard InChI is InChI=1S/C19H23BrN6O4/c20-13-1-3-14(4-2-13)22-16(27)12-26-9-7-25(8-10-26)6-5-21-11-15-17(28)23-19(30)24-18(15)29/h1-4,11H,5-10,12H2,(H,22,27)(H3,23,24,28,29,30). The number of hydrogen-bond donors (Lipinski definition) is 4. The van der Waals surface area contributed by atoms with E-state index < -0.39 is 17.1 Å². The van der Waals surface area contributed by atoms with Crippen molar-refractivity contribution in [2.24, 2.45) is 4.99 Å². The van der Waals surface area contributed by atoms with Gasteiger partial charge in [-0.2, -0.15) is 0 Å². The van der Waals surface area contributed by atoms with Crippen molar-refractivity contribution in [3.63, 3.8) is 0 Å². The molecule has 2 heterocycles. The third-order valence-electron chi connectivity index (χ3n) is 4.68. The van der Waals surface area contributed by atoms with Crippen LogP contribution in [0.1, 0.15) is 5.56 Å². The maximum Gasteiger partial charge on any atom is 0.328 e. The third-order valence-corrected chi connectivity index (χ3v) is 5.21. The van der Waals surface area contributed by atoms with Crippen molar-refractivity contribution < 1.29 is 9.90 Å². The van der Waals surface area contributed by atoms with Gasteiger partial charge >= 0.3 is 5.69 Å². The van der Waals surface area contributed by atoms with E-state index in [0.29, 0.717) is 19.6 Å². The van der Waals surface area contributed by atoms with Crippen LogP contribution >= 0.6 is 15.9 Å². The summed E-state index contributed by atoms with van der Waals surface area (Å²) in [5.41, 5.74) is -0.753. The molecule has 1 aliphatic rings. The highest BCUT2D eigenvalue weighted by Gasteiger charge is 2.18. The fraction of sp³-hybridized carbons (Fsp3) is 0.368. The van der Waals surface area contributed by atoms with Gasteiger partial charge in [-0.05, 0) is 24.3 Å². The van der Waals surface area contributed by atoms with Gasteiger partial charge < -0.3 is 10.4 Å². The van der Waals surface area contributed by atoms with Gasteiger partial charge in [0, 0.05) is 49.1 Å². The maximum absolute atomic E-state index is 12.2. The van der Waals surface area contributed by atoms with Crippen molar-refractivity contribution in [3.8, 4) is 5.88 Å². The number of aromatic amines is 2. The molecule has 3 rings (SSSR count). The number of carbonyl (C=O) groups excluding carboxylic acids is 1. The second-order valence-electron chi connectivity index (χ2n) is 6.88. The van der Waals surface area contributed by atoms with Gasteiger partial charge in [-0.3, -0.25) is 34.3 Å². The minimum absolute atomic E-state index is 0.0405. The number of hydrogen-bond acceptors (Lipinski definition) is 7. The number of nitrogens with zero attached hydrogens (tertiary/aromatic N) is 3. The summed E-state index contributed by atoms with van der Waals surface area (Å²) in [4.78, 5) is 47.5. The molecule has 0 bridgehead atoms. The highest BCUT2D eigenvalue weighted by molar-refractivity contribution is 9.10. The monoisotopic (exact) mass is 478 g/mol. The topological polar surface area (TPSA) is 134 Å². The van der Waals surface area contributed by atoms with Crippen molar-refractivity contribution in [2.45, 2.75) is 0 Å². The fourth-order valence-corrected chi connectivity index (χ4v) is 3.33. The zero-order valence-corrected chi connectivity index (χ0v) is 17.8. The molecule has 0 radical (unpaired) electrons. The first kappa shape index (κ1) is 21.9. The number of carbonyl (C=O) groups is 1. The highest BCUT2D eigenvalue weighted by atomic mass is 79.9. The van der Waals surface area contributed by atoms with E-state index in [-0.39, 0.29) is 11.5 Å². The molecule has 2 aromatic rings. The first-order valence-corrected chi connectivity index (χ1v) is 10.3. The number of aliphatic imine (C=N–C) groups is 1. The van der Waals surface area contributed by atoms with Gasteiger partial charge in [-0.25, -0.2) is 4.79 Å². The number of amides is 1. The Morgan fingerprint density at radius 1 is 1.13 bits per heavy atom. The molecule has 1 aromatic heterocycles. The molecule has 10 nitrogen and oxygen atoms in total. The average Bonchev–Trinajstić information content (AvgIpc) is 2.69. The van der Waals surface area contributed by atoms with E-state index in [2.05, 4.69) is 41.0 Å². The summed E-state index contributed by atoms with van der Waals surface area (Å²) in [6, 6.07) is 7.46. The van der Waals surface area contributed by atoms with Crippen LogP contribution in [0.25, 0.3) is 0 Å². The van der Waals surface area contributed by atoms with Crippen LogP contribution < -0.4 is 16.6 Å². The number of anilines is 1. The summed E-state index contributed by atoms with van der Waals surface area (Å²) in [7, 11) is 0. The van der Waals surface area contributed by atoms with Crippen LogP contribution in [0.5, 0.6) is 5.88 Å². The van der Waals surface area contributed by atoms with Gasteiger partial charge in [0.25, 0.3) is 5.56 Å². The van der Waals surface area contributed by atoms with E-state index in [1.807, 2.05) is 29.2 Å². The van der Waals surface area contributed by atoms with Crippen LogP contribution in [0.2, 0.25) is 0 Å². The number of aromatic nitrogens is 2. The molecular weight excluding hydrogens is 456 g/mol. The number of benzene rings is 1. The van der Waals surface area contributed by atoms with Gasteiger partial charge in [-0.15, -0.1) is 0 Å². The molecular formula is C19H23BrN6O4. The fourth-order valence-electron chi connectivity index (χ4n) is 3.07. The summed E-state index contributed by atoms with van der Waals surface area (Å²) >= 11 is 3.37. The van der Waals surface area contributed by atoms with E-state index in [9.17, 15) is 19.5 Å². The summed E-state index contributed by atoms with van der Waals surface area (Å²) < 4.78 is 0.961. The average molecular weight is 479 g/mol. The summed E-state index contributed by atoms with van der Waals surface area (Å²) in [5, 5.41) is 12.5. The van der Waals surface area contributed by atoms with E-state index >= 15 is 0 Å². The Balaban J connectivity index is 1.38. The number of nitrogens with one attached hydrogen (secondary N) is 3. The predicted octanol–water partition coefficient (Wildman–Crippen LogP) is 0.207. The van der Waals surface area contributed by atoms with Crippen molar-refractivity contribution in [1.29, 1.82) is 0 Å². The summed E-state index contributed by atoms with van der Waals surface area (Å²) in [5.74, 6) is -0.538. The Morgan fingerprint density at radius 2 is 1.80 bits per heavy atom. The lowest BCUT2D eigenvalue weighted by molar-refractivity contribution is -0.117. The van der Waals surface area contributed by atoms with Crippen molar-refractivity contribution in [2.75, 3.05) is 51.1 Å². The molecule has 0 unspecified atom stereocenters. The molecule has 11 heteroatoms. The maximum atomic E-state index is 12.2. The Morgan fingerprint density at radius 3 is 2.47 bits per heavy atom. The first-order valence-electron chi connectivity index (χ1n) is 9.46. The van der Waals surface area contributed by atoms with Crippen LogP contribution in [0.3, 0.4) is 0 Å². The molecule has 1 fully saturated rings. The summed E-state index contributed by atoms with van der Waals surface area (Å²) in [6.45, 7) is 4.66. The van der Waals surface area contributed by atoms with Gasteiger partial charge in [0.1, 0.15) is 5.56 Å². The molecule has 0 aliphatic carbocycles. The first-order chi connectivity index (χ1) is 14.4. The van der Waals surface area contributed by atoms with E-state index in [0.717, 1.165) is 36.3 Å². The Labute approximate surface area is 180 Å². The number of aromatic hydroxyl groups is 1. The zero-order valence-electron chi connectivity index (χ0n) is 16.2. The van der Waals surface area contributed by atoms with Crippen LogP contribution in [0, 0.1) is 0 Å². The zero-order chi connectivity index (χ0) is 21.5. The molecule has 1 aliphatic heterocycles. The van der Waals surface area contributed by atoms with Crippen molar-refractivity contribution >= 4 is 33.7 Å². The predicted molar refractivity (Wildman–Crippen MR) is 117 cm³/mol. The second-order valence-corrected chi connectivity index (χ2v) is 7.79. The number of halogens is 1. The Bertz CT molecular complexity index is 1010. The second kappa shape index (κ2) is 10.3. The molecule has 0 spiro atoms. The minimum Gasteiger partial charge on any atom is -0.494 e. The van der Waals surface area contributed by atoms with Gasteiger partial charge in [0.15, 0.2) is 0 Å². The van der Waals surface area contributed by atoms with E-state index in [1.165, 1.54) is 6.21 Å². The molecule has 0 atom stereocenters. The van der Waals surface area contributed by atoms with E-state index in [4.69, 9.17) is 0 Å². The van der Waals surface area contributed by atoms with Crippen LogP contribution in [0.4, 0.5) is 5.69 Å². The Hall–Kier alpha value is -2.76. The molecule has 1 amide bonds. The number of rotatable bonds is 7. The third kappa shape index (κ3) is 6.37. The molecule has 30 heavy (non-hydrogen) atoms. The van der Waals surface area contributed by atoms with Gasteiger partial charge in [-0.1, -0.05) is 15.9 Å². The molecule has 1 saturated heterocycles. The lowest BCUT2D eigenvalue weighted by Crippen LogP contribution is -2.49. The van der Waals surface area contributed by atoms with Crippen molar-refractivity contribution in [3.05, 3.63) is 55.1 Å². The lowest BCUT2D eigenvalue weighted by atomic mass is 10.3. The quantitative estimate of drug-likeness (QED) is 0.420. The SMILES string of the molecule is O=C(CN1CCN(CCN=Cc2c(O)[nH]c(=O)[nH]c2=O)CC1)Nc1ccc(Br)cc1. The van der Waals surface area contributed by atoms with Crippen LogP contribution in [-0.4, -0.2) is 82.8 Å². The number of piperazine rings is 1. The smallest absolute Gasteiger partial charge is 0.328 e. The molecule has 160 valence electrons. The highest BCUT2D eigenvalue weighted by Crippen LogP contribution is 2.14. The summed E-state index contributed by atoms with van der Waals surface area (Å²) in [6.07, 6.45) is 1.26. The van der Waals surface area contributed by atoms with Crippen molar-refractivity contribution in [1.82, 2.24) is 19.8 Å². The normalized spacial score (nSPS) is 15.5. The minimum atomic E-state index is -0.766. The molecule has 0 saturated carbocycles. The van der Waals surface area contributed by atoms with Gasteiger partial charge in [0.05, 0.1) is 13.1 Å². The molecule has 4 N–H and O–H groups in total.